The van der Waals surface area contributed by atoms with Crippen LogP contribution in [0.15, 0.2) is 36.7 Å². The molecule has 2 aliphatic heterocycles. The summed E-state index contributed by atoms with van der Waals surface area (Å²) in [5, 5.41) is 8.33. The second-order valence-electron chi connectivity index (χ2n) is 7.65. The molecule has 9 heteroatoms. The molecule has 0 amide bonds. The van der Waals surface area contributed by atoms with Crippen LogP contribution in [-0.2, 0) is 26.2 Å². The first-order valence-electron chi connectivity index (χ1n) is 9.95. The number of rotatable bonds is 4. The quantitative estimate of drug-likeness (QED) is 0.638. The van der Waals surface area contributed by atoms with Crippen LogP contribution in [0, 0.1) is 0 Å². The summed E-state index contributed by atoms with van der Waals surface area (Å²) in [4.78, 5) is 10.4. The fourth-order valence-corrected chi connectivity index (χ4v) is 4.36. The van der Waals surface area contributed by atoms with E-state index in [4.69, 9.17) is 9.84 Å². The van der Waals surface area contributed by atoms with E-state index in [0.717, 1.165) is 62.8 Å². The van der Waals surface area contributed by atoms with Crippen LogP contribution in [0.5, 0.6) is 5.75 Å². The first-order chi connectivity index (χ1) is 13.8. The maximum Gasteiger partial charge on any atom is 0.119 e. The predicted molar refractivity (Wildman–Crippen MR) is 121 cm³/mol. The van der Waals surface area contributed by atoms with Crippen molar-refractivity contribution in [2.24, 2.45) is 0 Å². The van der Waals surface area contributed by atoms with Crippen LogP contribution in [0.4, 0.5) is 0 Å². The molecule has 162 valence electrons. The molecular formula is C21H28Cl2N6O. The molecule has 0 saturated carbocycles. The Bertz CT molecular complexity index is 949. The van der Waals surface area contributed by atoms with Crippen molar-refractivity contribution in [3.8, 4) is 5.75 Å². The largest absolute Gasteiger partial charge is 0.497 e. The maximum absolute atomic E-state index is 5.43. The molecule has 1 aromatic carbocycles. The zero-order chi connectivity index (χ0) is 18.9. The molecule has 1 unspecified atom stereocenters. The van der Waals surface area contributed by atoms with Crippen molar-refractivity contribution in [3.05, 3.63) is 65.0 Å². The van der Waals surface area contributed by atoms with E-state index in [2.05, 4.69) is 49.1 Å². The first-order valence-corrected chi connectivity index (χ1v) is 9.95. The second-order valence-corrected chi connectivity index (χ2v) is 7.65. The minimum atomic E-state index is 0. The molecule has 30 heavy (non-hydrogen) atoms. The SMILES string of the molecule is COc1cccc(C2CN(Cc3cc4n(n3)CCCNC4)Cc3[nH]cnc32)c1.Cl.Cl. The number of hydrogen-bond acceptors (Lipinski definition) is 5. The predicted octanol–water partition coefficient (Wildman–Crippen LogP) is 3.10. The van der Waals surface area contributed by atoms with Gasteiger partial charge in [-0.25, -0.2) is 4.98 Å². The summed E-state index contributed by atoms with van der Waals surface area (Å²) in [6.07, 6.45) is 2.94. The molecule has 2 N–H and O–H groups in total. The lowest BCUT2D eigenvalue weighted by Gasteiger charge is -2.31. The summed E-state index contributed by atoms with van der Waals surface area (Å²) in [6, 6.07) is 10.6. The maximum atomic E-state index is 5.43. The molecule has 0 bridgehead atoms. The highest BCUT2D eigenvalue weighted by Gasteiger charge is 2.29. The van der Waals surface area contributed by atoms with Gasteiger partial charge in [0.05, 0.1) is 36.2 Å². The Balaban J connectivity index is 0.00000128. The number of ether oxygens (including phenoxy) is 1. The number of hydrogen-bond donors (Lipinski definition) is 2. The van der Waals surface area contributed by atoms with E-state index in [-0.39, 0.29) is 30.7 Å². The lowest BCUT2D eigenvalue weighted by atomic mass is 9.90. The monoisotopic (exact) mass is 450 g/mol. The topological polar surface area (TPSA) is 71.0 Å². The lowest BCUT2D eigenvalue weighted by molar-refractivity contribution is 0.224. The summed E-state index contributed by atoms with van der Waals surface area (Å²) < 4.78 is 7.60. The molecular weight excluding hydrogens is 423 g/mol. The van der Waals surface area contributed by atoms with Crippen LogP contribution in [0.3, 0.4) is 0 Å². The summed E-state index contributed by atoms with van der Waals surface area (Å²) in [7, 11) is 1.71. The minimum Gasteiger partial charge on any atom is -0.497 e. The number of H-pyrrole nitrogens is 1. The van der Waals surface area contributed by atoms with Crippen molar-refractivity contribution in [1.82, 2.24) is 30.0 Å². The van der Waals surface area contributed by atoms with E-state index in [1.807, 2.05) is 12.4 Å². The molecule has 7 nitrogen and oxygen atoms in total. The van der Waals surface area contributed by atoms with E-state index < -0.39 is 0 Å². The number of aromatic amines is 1. The van der Waals surface area contributed by atoms with E-state index in [1.165, 1.54) is 17.0 Å². The fraction of sp³-hybridized carbons (Fsp3) is 0.429. The van der Waals surface area contributed by atoms with Gasteiger partial charge in [-0.1, -0.05) is 12.1 Å². The van der Waals surface area contributed by atoms with Crippen LogP contribution < -0.4 is 10.1 Å². The molecule has 0 fully saturated rings. The molecule has 0 spiro atoms. The number of nitrogens with one attached hydrogen (secondary N) is 2. The average molecular weight is 451 g/mol. The van der Waals surface area contributed by atoms with Crippen molar-refractivity contribution in [3.63, 3.8) is 0 Å². The van der Waals surface area contributed by atoms with Gasteiger partial charge in [0.15, 0.2) is 0 Å². The van der Waals surface area contributed by atoms with Crippen molar-refractivity contribution < 1.29 is 4.74 Å². The number of aromatic nitrogens is 4. The number of imidazole rings is 1. The van der Waals surface area contributed by atoms with Gasteiger partial charge < -0.3 is 15.0 Å². The number of methoxy groups -OCH3 is 1. The van der Waals surface area contributed by atoms with E-state index >= 15 is 0 Å². The van der Waals surface area contributed by atoms with Crippen LogP contribution in [0.2, 0.25) is 0 Å². The van der Waals surface area contributed by atoms with E-state index in [9.17, 15) is 0 Å². The number of halogens is 2. The molecule has 2 aromatic heterocycles. The van der Waals surface area contributed by atoms with Gasteiger partial charge in [-0.15, -0.1) is 24.8 Å². The second kappa shape index (κ2) is 9.83. The Hall–Kier alpha value is -2.06. The zero-order valence-electron chi connectivity index (χ0n) is 17.0. The van der Waals surface area contributed by atoms with Gasteiger partial charge in [-0.05, 0) is 36.7 Å². The average Bonchev–Trinajstić information content (AvgIpc) is 3.28. The number of nitrogens with zero attached hydrogens (tertiary/aromatic N) is 4. The molecule has 5 rings (SSSR count). The molecule has 4 heterocycles. The highest BCUT2D eigenvalue weighted by atomic mass is 35.5. The van der Waals surface area contributed by atoms with E-state index in [1.54, 1.807) is 7.11 Å². The first kappa shape index (κ1) is 22.6. The molecule has 3 aromatic rings. The highest BCUT2D eigenvalue weighted by Crippen LogP contribution is 2.33. The Morgan fingerprint density at radius 1 is 1.23 bits per heavy atom. The third-order valence-corrected chi connectivity index (χ3v) is 5.73. The number of benzene rings is 1. The van der Waals surface area contributed by atoms with Crippen LogP contribution in [0.25, 0.3) is 0 Å². The summed E-state index contributed by atoms with van der Waals surface area (Å²) in [5.74, 6) is 1.12. The van der Waals surface area contributed by atoms with Gasteiger partial charge in [0.1, 0.15) is 5.75 Å². The van der Waals surface area contributed by atoms with Gasteiger partial charge in [0.2, 0.25) is 0 Å². The van der Waals surface area contributed by atoms with Crippen molar-refractivity contribution in [2.75, 3.05) is 20.2 Å². The Morgan fingerprint density at radius 3 is 3.00 bits per heavy atom. The molecule has 0 aliphatic carbocycles. The lowest BCUT2D eigenvalue weighted by Crippen LogP contribution is -2.34. The van der Waals surface area contributed by atoms with Gasteiger partial charge in [-0.3, -0.25) is 9.58 Å². The Kier molecular flexibility index (Phi) is 7.41. The summed E-state index contributed by atoms with van der Waals surface area (Å²) in [5.41, 5.74) is 6.01. The Morgan fingerprint density at radius 2 is 2.13 bits per heavy atom. The summed E-state index contributed by atoms with van der Waals surface area (Å²) in [6.45, 7) is 5.61. The standard InChI is InChI=1S/C21H26N6O.2ClH/c1-28-18-5-2-4-15(8-18)19-12-26(13-20-21(19)24-14-23-20)11-16-9-17-10-22-6-3-7-27(17)25-16;;/h2,4-5,8-9,14,19,22H,3,6-7,10-13H2,1H3,(H,23,24);2*1H. The number of aryl methyl sites for hydroxylation is 1. The molecule has 0 saturated heterocycles. The van der Waals surface area contributed by atoms with Crippen LogP contribution >= 0.6 is 24.8 Å². The fourth-order valence-electron chi connectivity index (χ4n) is 4.36. The normalized spacial score (nSPS) is 18.4. The van der Waals surface area contributed by atoms with Crippen LogP contribution in [0.1, 0.15) is 40.7 Å². The van der Waals surface area contributed by atoms with Gasteiger partial charge in [0.25, 0.3) is 0 Å². The third kappa shape index (κ3) is 4.49. The molecule has 0 radical (unpaired) electrons. The third-order valence-electron chi connectivity index (χ3n) is 5.73. The van der Waals surface area contributed by atoms with Crippen LogP contribution in [-0.4, -0.2) is 44.8 Å². The molecule has 1 atom stereocenters. The highest BCUT2D eigenvalue weighted by molar-refractivity contribution is 5.85. The smallest absolute Gasteiger partial charge is 0.119 e. The van der Waals surface area contributed by atoms with E-state index in [0.29, 0.717) is 0 Å². The summed E-state index contributed by atoms with van der Waals surface area (Å²) >= 11 is 0. The minimum absolute atomic E-state index is 0. The molecule has 2 aliphatic rings. The van der Waals surface area contributed by atoms with Gasteiger partial charge in [0, 0.05) is 38.6 Å². The van der Waals surface area contributed by atoms with Gasteiger partial charge >= 0.3 is 0 Å². The number of fused-ring (bicyclic) bond motifs is 2. The van der Waals surface area contributed by atoms with Crippen molar-refractivity contribution in [1.29, 1.82) is 0 Å². The van der Waals surface area contributed by atoms with Gasteiger partial charge in [-0.2, -0.15) is 5.10 Å². The Labute approximate surface area is 189 Å². The zero-order valence-corrected chi connectivity index (χ0v) is 18.6. The van der Waals surface area contributed by atoms with Crippen molar-refractivity contribution in [2.45, 2.75) is 38.5 Å². The van der Waals surface area contributed by atoms with Crippen molar-refractivity contribution >= 4 is 24.8 Å².